The molecule has 1 aliphatic rings. The Morgan fingerprint density at radius 1 is 1.20 bits per heavy atom. The van der Waals surface area contributed by atoms with Gasteiger partial charge >= 0.3 is 0 Å². The van der Waals surface area contributed by atoms with Crippen LogP contribution >= 0.6 is 0 Å². The van der Waals surface area contributed by atoms with Gasteiger partial charge in [-0.2, -0.15) is 0 Å². The summed E-state index contributed by atoms with van der Waals surface area (Å²) in [5.41, 5.74) is 1.41. The highest BCUT2D eigenvalue weighted by Crippen LogP contribution is 2.14. The molecule has 1 atom stereocenters. The molecule has 112 valence electrons. The number of hydrogen-bond donors (Lipinski definition) is 1. The zero-order valence-electron chi connectivity index (χ0n) is 13.6. The molecule has 0 aromatic heterocycles. The molecule has 1 fully saturated rings. The Labute approximate surface area is 125 Å². The van der Waals surface area contributed by atoms with Gasteiger partial charge in [-0.25, -0.2) is 0 Å². The zero-order valence-corrected chi connectivity index (χ0v) is 14.6. The number of nitrogens with one attached hydrogen (secondary N) is 1. The third kappa shape index (κ3) is 4.44. The lowest BCUT2D eigenvalue weighted by Gasteiger charge is -2.17. The largest absolute Gasteiger partial charge is 0.312 e. The molecule has 1 unspecified atom stereocenters. The summed E-state index contributed by atoms with van der Waals surface area (Å²) in [6, 6.07) is 9.26. The molecule has 3 heteroatoms. The monoisotopic (exact) mass is 290 g/mol. The lowest BCUT2D eigenvalue weighted by molar-refractivity contribution is 0.339. The first-order valence-corrected chi connectivity index (χ1v) is 11.5. The average Bonchev–Trinajstić information content (AvgIpc) is 2.86. The predicted octanol–water partition coefficient (Wildman–Crippen LogP) is 2.66. The molecular formula is C17H30N2Si. The highest BCUT2D eigenvalue weighted by molar-refractivity contribution is 6.88. The molecular weight excluding hydrogens is 260 g/mol. The number of nitrogens with zero attached hydrogens (tertiary/aromatic N) is 1. The molecule has 0 saturated carbocycles. The van der Waals surface area contributed by atoms with Crippen LogP contribution in [-0.4, -0.2) is 39.2 Å². The van der Waals surface area contributed by atoms with E-state index < -0.39 is 8.07 Å². The zero-order chi connectivity index (χ0) is 14.6. The van der Waals surface area contributed by atoms with Crippen LogP contribution in [0.1, 0.15) is 18.9 Å². The third-order valence-electron chi connectivity index (χ3n) is 4.40. The molecule has 2 rings (SSSR count). The summed E-state index contributed by atoms with van der Waals surface area (Å²) in [6.45, 7) is 15.4. The molecule has 0 amide bonds. The van der Waals surface area contributed by atoms with Crippen molar-refractivity contribution in [2.24, 2.45) is 5.92 Å². The van der Waals surface area contributed by atoms with Gasteiger partial charge in [0.25, 0.3) is 0 Å². The Morgan fingerprint density at radius 3 is 2.45 bits per heavy atom. The Hall–Kier alpha value is -0.643. The smallest absolute Gasteiger partial charge is 0.0775 e. The van der Waals surface area contributed by atoms with E-state index >= 15 is 0 Å². The van der Waals surface area contributed by atoms with Gasteiger partial charge in [0, 0.05) is 13.1 Å². The first kappa shape index (κ1) is 15.7. The summed E-state index contributed by atoms with van der Waals surface area (Å²) in [6.07, 6.45) is 1.36. The maximum Gasteiger partial charge on any atom is 0.0775 e. The van der Waals surface area contributed by atoms with Crippen molar-refractivity contribution in [3.63, 3.8) is 0 Å². The minimum absolute atomic E-state index is 0.844. The number of likely N-dealkylation sites (tertiary alicyclic amines) is 1. The van der Waals surface area contributed by atoms with Gasteiger partial charge in [-0.1, -0.05) is 56.0 Å². The lowest BCUT2D eigenvalue weighted by atomic mass is 10.1. The van der Waals surface area contributed by atoms with Crippen LogP contribution in [0.5, 0.6) is 0 Å². The quantitative estimate of drug-likeness (QED) is 0.810. The molecule has 1 saturated heterocycles. The van der Waals surface area contributed by atoms with Gasteiger partial charge in [0.05, 0.1) is 8.07 Å². The van der Waals surface area contributed by atoms with Crippen LogP contribution < -0.4 is 10.5 Å². The van der Waals surface area contributed by atoms with Crippen molar-refractivity contribution < 1.29 is 0 Å². The van der Waals surface area contributed by atoms with E-state index in [1.165, 1.54) is 31.6 Å². The van der Waals surface area contributed by atoms with E-state index in [1.54, 1.807) is 5.19 Å². The Bertz CT molecular complexity index is 408. The van der Waals surface area contributed by atoms with Crippen molar-refractivity contribution in [1.82, 2.24) is 10.2 Å². The van der Waals surface area contributed by atoms with Crippen LogP contribution in [0.25, 0.3) is 0 Å². The molecule has 1 N–H and O–H groups in total. The fraction of sp³-hybridized carbons (Fsp3) is 0.647. The van der Waals surface area contributed by atoms with Gasteiger partial charge in [-0.3, -0.25) is 0 Å². The van der Waals surface area contributed by atoms with Gasteiger partial charge in [0.2, 0.25) is 0 Å². The topological polar surface area (TPSA) is 15.3 Å². The van der Waals surface area contributed by atoms with E-state index in [9.17, 15) is 0 Å². The van der Waals surface area contributed by atoms with Crippen molar-refractivity contribution in [3.8, 4) is 0 Å². The third-order valence-corrected chi connectivity index (χ3v) is 6.46. The van der Waals surface area contributed by atoms with Crippen molar-refractivity contribution in [2.75, 3.05) is 26.2 Å². The maximum absolute atomic E-state index is 3.63. The standard InChI is InChI=1S/C17H30N2Si/c1-5-19-11-10-16(14-19)13-18-12-15-6-8-17(9-7-15)20(2,3)4/h6-9,16,18H,5,10-14H2,1-4H3. The van der Waals surface area contributed by atoms with Crippen LogP contribution in [-0.2, 0) is 6.54 Å². The summed E-state index contributed by atoms with van der Waals surface area (Å²) in [4.78, 5) is 2.55. The molecule has 0 aliphatic carbocycles. The maximum atomic E-state index is 3.63. The van der Waals surface area contributed by atoms with Crippen LogP contribution in [0.3, 0.4) is 0 Å². The number of rotatable bonds is 6. The molecule has 1 heterocycles. The number of hydrogen-bond acceptors (Lipinski definition) is 2. The van der Waals surface area contributed by atoms with E-state index in [4.69, 9.17) is 0 Å². The summed E-state index contributed by atoms with van der Waals surface area (Å²) in [5.74, 6) is 0.844. The SMILES string of the molecule is CCN1CCC(CNCc2ccc([Si](C)(C)C)cc2)C1. The summed E-state index contributed by atoms with van der Waals surface area (Å²) in [7, 11) is -1.15. The predicted molar refractivity (Wildman–Crippen MR) is 91.3 cm³/mol. The highest BCUT2D eigenvalue weighted by Gasteiger charge is 2.20. The van der Waals surface area contributed by atoms with Gasteiger partial charge < -0.3 is 10.2 Å². The normalized spacial score (nSPS) is 20.5. The summed E-state index contributed by atoms with van der Waals surface area (Å²) < 4.78 is 0. The molecule has 1 aromatic rings. The molecule has 0 bridgehead atoms. The summed E-state index contributed by atoms with van der Waals surface area (Å²) in [5, 5.41) is 5.18. The molecule has 0 spiro atoms. The second kappa shape index (κ2) is 6.88. The second-order valence-electron chi connectivity index (χ2n) is 7.13. The van der Waals surface area contributed by atoms with Gasteiger partial charge in [-0.05, 0) is 37.5 Å². The molecule has 2 nitrogen and oxygen atoms in total. The second-order valence-corrected chi connectivity index (χ2v) is 12.2. The molecule has 1 aromatic carbocycles. The number of benzene rings is 1. The van der Waals surface area contributed by atoms with E-state index in [2.05, 4.69) is 61.0 Å². The molecule has 0 radical (unpaired) electrons. The van der Waals surface area contributed by atoms with Crippen molar-refractivity contribution in [2.45, 2.75) is 39.5 Å². The van der Waals surface area contributed by atoms with E-state index in [0.29, 0.717) is 0 Å². The van der Waals surface area contributed by atoms with E-state index in [0.717, 1.165) is 19.0 Å². The Balaban J connectivity index is 1.75. The lowest BCUT2D eigenvalue weighted by Crippen LogP contribution is -2.37. The van der Waals surface area contributed by atoms with Crippen LogP contribution in [0.4, 0.5) is 0 Å². The van der Waals surface area contributed by atoms with Crippen LogP contribution in [0.15, 0.2) is 24.3 Å². The fourth-order valence-corrected chi connectivity index (χ4v) is 4.08. The van der Waals surface area contributed by atoms with Crippen molar-refractivity contribution >= 4 is 13.3 Å². The first-order chi connectivity index (χ1) is 9.49. The van der Waals surface area contributed by atoms with Crippen LogP contribution in [0, 0.1) is 5.92 Å². The van der Waals surface area contributed by atoms with E-state index in [-0.39, 0.29) is 0 Å². The summed E-state index contributed by atoms with van der Waals surface area (Å²) >= 11 is 0. The van der Waals surface area contributed by atoms with E-state index in [1.807, 2.05) is 0 Å². The van der Waals surface area contributed by atoms with Crippen molar-refractivity contribution in [1.29, 1.82) is 0 Å². The fourth-order valence-electron chi connectivity index (χ4n) is 2.91. The van der Waals surface area contributed by atoms with Gasteiger partial charge in [0.15, 0.2) is 0 Å². The highest BCUT2D eigenvalue weighted by atomic mass is 28.3. The minimum Gasteiger partial charge on any atom is -0.312 e. The Kier molecular flexibility index (Phi) is 5.41. The van der Waals surface area contributed by atoms with Gasteiger partial charge in [-0.15, -0.1) is 0 Å². The van der Waals surface area contributed by atoms with Crippen molar-refractivity contribution in [3.05, 3.63) is 29.8 Å². The molecule has 20 heavy (non-hydrogen) atoms. The average molecular weight is 291 g/mol. The molecule has 1 aliphatic heterocycles. The Morgan fingerprint density at radius 2 is 1.90 bits per heavy atom. The van der Waals surface area contributed by atoms with Gasteiger partial charge in [0.1, 0.15) is 0 Å². The van der Waals surface area contributed by atoms with Crippen LogP contribution in [0.2, 0.25) is 19.6 Å². The minimum atomic E-state index is -1.15. The first-order valence-electron chi connectivity index (χ1n) is 8.01.